The molecule has 1 spiro atoms. The van der Waals surface area contributed by atoms with Crippen LogP contribution in [0.4, 0.5) is 5.82 Å². The van der Waals surface area contributed by atoms with Crippen LogP contribution < -0.4 is 14.8 Å². The molecule has 1 saturated heterocycles. The zero-order valence-corrected chi connectivity index (χ0v) is 19.9. The van der Waals surface area contributed by atoms with E-state index >= 15 is 0 Å². The number of hydrogen-bond acceptors (Lipinski definition) is 9. The number of likely N-dealkylation sites (tertiary alicyclic amines) is 1. The molecule has 7 rings (SSSR count). The van der Waals surface area contributed by atoms with E-state index in [1.54, 1.807) is 6.07 Å². The van der Waals surface area contributed by atoms with Crippen LogP contribution in [0.25, 0.3) is 0 Å². The number of aromatic hydroxyl groups is 1. The number of aromatic nitrogens is 2. The van der Waals surface area contributed by atoms with Gasteiger partial charge in [0.1, 0.15) is 18.1 Å². The molecule has 5 aliphatic rings. The molecule has 2 aliphatic heterocycles. The van der Waals surface area contributed by atoms with Crippen molar-refractivity contribution < 1.29 is 29.3 Å². The molecule has 10 nitrogen and oxygen atoms in total. The molecule has 5 atom stereocenters. The van der Waals surface area contributed by atoms with Gasteiger partial charge in [-0.05, 0) is 56.2 Å². The summed E-state index contributed by atoms with van der Waals surface area (Å²) in [5, 5.41) is 26.0. The van der Waals surface area contributed by atoms with Crippen molar-refractivity contribution in [3.8, 4) is 17.4 Å². The van der Waals surface area contributed by atoms with Gasteiger partial charge in [0.05, 0.1) is 18.1 Å². The van der Waals surface area contributed by atoms with Crippen LogP contribution in [0.2, 0.25) is 0 Å². The lowest BCUT2D eigenvalue weighted by Gasteiger charge is -2.63. The molecule has 1 amide bonds. The molecule has 36 heavy (non-hydrogen) atoms. The van der Waals surface area contributed by atoms with Crippen LogP contribution in [0, 0.1) is 11.8 Å². The van der Waals surface area contributed by atoms with Gasteiger partial charge in [0.2, 0.25) is 11.8 Å². The number of ketones is 1. The van der Waals surface area contributed by atoms with Gasteiger partial charge in [-0.1, -0.05) is 6.07 Å². The van der Waals surface area contributed by atoms with E-state index in [2.05, 4.69) is 20.2 Å². The second-order valence-electron chi connectivity index (χ2n) is 10.8. The Hall–Kier alpha value is -3.24. The largest absolute Gasteiger partial charge is 0.504 e. The van der Waals surface area contributed by atoms with Gasteiger partial charge in [-0.3, -0.25) is 14.5 Å². The van der Waals surface area contributed by atoms with Crippen molar-refractivity contribution in [1.82, 2.24) is 14.9 Å². The summed E-state index contributed by atoms with van der Waals surface area (Å²) in [6.45, 7) is 1.64. The van der Waals surface area contributed by atoms with Crippen LogP contribution in [-0.4, -0.2) is 74.7 Å². The minimum atomic E-state index is -1.36. The standard InChI is InChI=1S/C26H28N4O6/c1-35-19-9-18(27-12-28-19)29-24(33)15-10-26(34)17-8-14-4-5-16(31)22-20(14)25(26,23(36-22)21(15)32)6-7-30(17)11-13-2-3-13/h4-5,9,12-13,15,17,23,31,34H,2-3,6-8,10-11H2,1H3,(H,27,28,29,33)/t15?,17-,23+,25+,26-/m1/s1. The van der Waals surface area contributed by atoms with Crippen molar-refractivity contribution in [2.75, 3.05) is 25.5 Å². The molecule has 188 valence electrons. The number of carbonyl (C=O) groups is 2. The number of benzene rings is 1. The topological polar surface area (TPSA) is 134 Å². The fourth-order valence-corrected chi connectivity index (χ4v) is 7.26. The predicted octanol–water partition coefficient (Wildman–Crippen LogP) is 1.19. The molecule has 10 heteroatoms. The van der Waals surface area contributed by atoms with Gasteiger partial charge in [-0.25, -0.2) is 9.97 Å². The number of nitrogens with one attached hydrogen (secondary N) is 1. The maximum Gasteiger partial charge on any atom is 0.236 e. The fourth-order valence-electron chi connectivity index (χ4n) is 7.26. The Morgan fingerprint density at radius 3 is 2.94 bits per heavy atom. The van der Waals surface area contributed by atoms with Crippen molar-refractivity contribution in [1.29, 1.82) is 0 Å². The van der Waals surface area contributed by atoms with Gasteiger partial charge < -0.3 is 25.0 Å². The Morgan fingerprint density at radius 2 is 2.17 bits per heavy atom. The van der Waals surface area contributed by atoms with Gasteiger partial charge >= 0.3 is 0 Å². The quantitative estimate of drug-likeness (QED) is 0.526. The molecule has 2 saturated carbocycles. The summed E-state index contributed by atoms with van der Waals surface area (Å²) in [7, 11) is 1.46. The highest BCUT2D eigenvalue weighted by atomic mass is 16.5. The number of phenolic OH excluding ortho intramolecular Hbond substituents is 1. The van der Waals surface area contributed by atoms with Gasteiger partial charge in [0.25, 0.3) is 0 Å². The van der Waals surface area contributed by atoms with E-state index in [4.69, 9.17) is 9.47 Å². The minimum absolute atomic E-state index is 0.0138. The lowest BCUT2D eigenvalue weighted by atomic mass is 9.47. The first-order valence-electron chi connectivity index (χ1n) is 12.5. The number of ether oxygens (including phenoxy) is 2. The monoisotopic (exact) mass is 492 g/mol. The zero-order valence-electron chi connectivity index (χ0n) is 19.9. The van der Waals surface area contributed by atoms with Crippen LogP contribution in [0.5, 0.6) is 17.4 Å². The Bertz CT molecular complexity index is 1300. The summed E-state index contributed by atoms with van der Waals surface area (Å²) in [5.74, 6) is -0.700. The molecular weight excluding hydrogens is 464 g/mol. The van der Waals surface area contributed by atoms with Crippen molar-refractivity contribution >= 4 is 17.5 Å². The number of phenols is 1. The molecule has 1 aromatic carbocycles. The number of anilines is 1. The lowest BCUT2D eigenvalue weighted by Crippen LogP contribution is -2.78. The SMILES string of the molecule is COc1cc(NC(=O)C2C[C@@]3(O)[C@H]4Cc5ccc(O)c6c5[C@@]3(CCN4CC3CC3)[C@@H](O6)C2=O)ncn1. The number of amides is 1. The Labute approximate surface area is 207 Å². The second-order valence-corrected chi connectivity index (χ2v) is 10.8. The van der Waals surface area contributed by atoms with Gasteiger partial charge in [-0.2, -0.15) is 0 Å². The molecule has 3 aliphatic carbocycles. The molecule has 3 heterocycles. The van der Waals surface area contributed by atoms with E-state index in [0.29, 0.717) is 18.8 Å². The molecule has 3 N–H and O–H groups in total. The highest BCUT2D eigenvalue weighted by molar-refractivity contribution is 6.10. The van der Waals surface area contributed by atoms with Gasteiger partial charge in [0.15, 0.2) is 23.4 Å². The first-order chi connectivity index (χ1) is 17.4. The van der Waals surface area contributed by atoms with Crippen molar-refractivity contribution in [2.24, 2.45) is 11.8 Å². The summed E-state index contributed by atoms with van der Waals surface area (Å²) in [6.07, 6.45) is 3.71. The third-order valence-electron chi connectivity index (χ3n) is 9.05. The Balaban J connectivity index is 1.30. The Kier molecular flexibility index (Phi) is 4.52. The third kappa shape index (κ3) is 2.79. The van der Waals surface area contributed by atoms with Crippen LogP contribution in [0.1, 0.15) is 36.8 Å². The predicted molar refractivity (Wildman–Crippen MR) is 126 cm³/mol. The number of rotatable bonds is 5. The first kappa shape index (κ1) is 22.0. The van der Waals surface area contributed by atoms with Crippen molar-refractivity contribution in [2.45, 2.75) is 55.3 Å². The van der Waals surface area contributed by atoms with E-state index < -0.39 is 28.9 Å². The Morgan fingerprint density at radius 1 is 1.33 bits per heavy atom. The molecule has 2 aromatic rings. The highest BCUT2D eigenvalue weighted by Crippen LogP contribution is 2.65. The zero-order chi connectivity index (χ0) is 24.8. The molecule has 1 aromatic heterocycles. The van der Waals surface area contributed by atoms with E-state index in [0.717, 1.165) is 24.2 Å². The average Bonchev–Trinajstić information content (AvgIpc) is 3.61. The number of hydrogen-bond donors (Lipinski definition) is 3. The molecule has 2 bridgehead atoms. The normalized spacial score (nSPS) is 34.1. The van der Waals surface area contributed by atoms with Crippen molar-refractivity contribution in [3.63, 3.8) is 0 Å². The van der Waals surface area contributed by atoms with E-state index in [1.165, 1.54) is 32.3 Å². The summed E-state index contributed by atoms with van der Waals surface area (Å²) in [6, 6.07) is 4.72. The molecule has 1 unspecified atom stereocenters. The smallest absolute Gasteiger partial charge is 0.236 e. The van der Waals surface area contributed by atoms with Crippen molar-refractivity contribution in [3.05, 3.63) is 35.7 Å². The number of Topliss-reactive ketones (excluding diaryl/α,β-unsaturated/α-hetero) is 1. The lowest BCUT2D eigenvalue weighted by molar-refractivity contribution is -0.197. The van der Waals surface area contributed by atoms with E-state index in [9.17, 15) is 19.8 Å². The summed E-state index contributed by atoms with van der Waals surface area (Å²) in [4.78, 5) is 37.7. The third-order valence-corrected chi connectivity index (χ3v) is 9.05. The summed E-state index contributed by atoms with van der Waals surface area (Å²) >= 11 is 0. The fraction of sp³-hybridized carbons (Fsp3) is 0.538. The average molecular weight is 493 g/mol. The van der Waals surface area contributed by atoms with E-state index in [1.807, 2.05) is 6.07 Å². The van der Waals surface area contributed by atoms with Crippen LogP contribution in [-0.2, 0) is 21.4 Å². The molecular formula is C26H28N4O6. The maximum absolute atomic E-state index is 13.9. The number of nitrogens with zero attached hydrogens (tertiary/aromatic N) is 3. The number of methoxy groups -OCH3 is 1. The molecule has 0 radical (unpaired) electrons. The van der Waals surface area contributed by atoms with Crippen LogP contribution in [0.3, 0.4) is 0 Å². The highest BCUT2D eigenvalue weighted by Gasteiger charge is 2.75. The van der Waals surface area contributed by atoms with Crippen LogP contribution >= 0.6 is 0 Å². The summed E-state index contributed by atoms with van der Waals surface area (Å²) < 4.78 is 11.3. The first-order valence-corrected chi connectivity index (χ1v) is 12.5. The maximum atomic E-state index is 13.9. The number of aliphatic hydroxyl groups is 1. The second kappa shape index (κ2) is 7.39. The minimum Gasteiger partial charge on any atom is -0.504 e. The van der Waals surface area contributed by atoms with E-state index in [-0.39, 0.29) is 41.4 Å². The number of carbonyl (C=O) groups excluding carboxylic acids is 2. The summed E-state index contributed by atoms with van der Waals surface area (Å²) in [5.41, 5.74) is -0.587. The number of piperidine rings is 1. The molecule has 3 fully saturated rings. The van der Waals surface area contributed by atoms with Gasteiger partial charge in [0, 0.05) is 24.2 Å². The van der Waals surface area contributed by atoms with Gasteiger partial charge in [-0.15, -0.1) is 0 Å². The van der Waals surface area contributed by atoms with Crippen LogP contribution in [0.15, 0.2) is 24.5 Å².